The van der Waals surface area contributed by atoms with Gasteiger partial charge in [0.2, 0.25) is 0 Å². The van der Waals surface area contributed by atoms with Crippen LogP contribution in [0.25, 0.3) is 0 Å². The molecule has 1 fully saturated rings. The quantitative estimate of drug-likeness (QED) is 0.0895. The molecule has 0 saturated carbocycles. The van der Waals surface area contributed by atoms with Crippen molar-refractivity contribution in [3.63, 3.8) is 0 Å². The summed E-state index contributed by atoms with van der Waals surface area (Å²) >= 11 is 4.79. The highest BCUT2D eigenvalue weighted by atomic mass is 32.2. The molecule has 8 rings (SSSR count). The summed E-state index contributed by atoms with van der Waals surface area (Å²) in [5.41, 5.74) is 3.92. The van der Waals surface area contributed by atoms with E-state index in [9.17, 15) is 0 Å². The van der Waals surface area contributed by atoms with Crippen molar-refractivity contribution in [2.75, 3.05) is 6.61 Å². The summed E-state index contributed by atoms with van der Waals surface area (Å²) in [6.45, 7) is 1.51. The van der Waals surface area contributed by atoms with E-state index in [1.165, 1.54) is 0 Å². The summed E-state index contributed by atoms with van der Waals surface area (Å²) < 4.78 is 27.3. The van der Waals surface area contributed by atoms with Gasteiger partial charge in [-0.2, -0.15) is 0 Å². The van der Waals surface area contributed by atoms with Crippen LogP contribution in [0.1, 0.15) is 28.5 Å². The van der Waals surface area contributed by atoms with Gasteiger partial charge in [0.05, 0.1) is 26.4 Å². The lowest BCUT2D eigenvalue weighted by Crippen LogP contribution is -2.38. The summed E-state index contributed by atoms with van der Waals surface area (Å²) in [6, 6.07) is 61.6. The van der Waals surface area contributed by atoms with Gasteiger partial charge < -0.3 is 18.9 Å². The molecule has 9 heteroatoms. The van der Waals surface area contributed by atoms with Crippen molar-refractivity contribution in [1.29, 1.82) is 0 Å². The molecule has 0 aliphatic carbocycles. The first-order valence-corrected chi connectivity index (χ1v) is 21.4. The van der Waals surface area contributed by atoms with Crippen LogP contribution in [0.15, 0.2) is 212 Å². The van der Waals surface area contributed by atoms with Gasteiger partial charge in [0.1, 0.15) is 45.2 Å². The second kappa shape index (κ2) is 20.1. The second-order valence-corrected chi connectivity index (χ2v) is 16.6. The van der Waals surface area contributed by atoms with Crippen LogP contribution < -0.4 is 0 Å². The SMILES string of the molecule is c1ccc(COC[C@H]2O[C@@H](c3nc(Sc4ccccc4)c(Sc4ccccc4)nc3Sc3ccccc3)[C@H](OCc3ccccc3)[C@@H]2OCc2ccccc2)cc1. The lowest BCUT2D eigenvalue weighted by Gasteiger charge is -2.26. The highest BCUT2D eigenvalue weighted by molar-refractivity contribution is 8.02. The molecule has 0 bridgehead atoms. The maximum Gasteiger partial charge on any atom is 0.135 e. The number of hydrogen-bond acceptors (Lipinski definition) is 9. The molecule has 0 unspecified atom stereocenters. The predicted molar refractivity (Wildman–Crippen MR) is 227 cm³/mol. The van der Waals surface area contributed by atoms with Crippen LogP contribution in [0.5, 0.6) is 0 Å². The topological polar surface area (TPSA) is 62.7 Å². The van der Waals surface area contributed by atoms with Crippen LogP contribution in [0.4, 0.5) is 0 Å². The lowest BCUT2D eigenvalue weighted by molar-refractivity contribution is -0.0899. The third kappa shape index (κ3) is 10.8. The van der Waals surface area contributed by atoms with Gasteiger partial charge in [-0.25, -0.2) is 9.97 Å². The first kappa shape index (κ1) is 39.1. The van der Waals surface area contributed by atoms with Crippen LogP contribution in [0.2, 0.25) is 0 Å². The fourth-order valence-corrected chi connectivity index (χ4v) is 9.27. The Labute approximate surface area is 347 Å². The Balaban J connectivity index is 1.21. The first-order chi connectivity index (χ1) is 28.2. The van der Waals surface area contributed by atoms with Gasteiger partial charge in [-0.05, 0) is 53.1 Å². The molecule has 1 aromatic heterocycles. The largest absolute Gasteiger partial charge is 0.374 e. The number of hydrogen-bond donors (Lipinski definition) is 0. The number of aromatic nitrogens is 2. The van der Waals surface area contributed by atoms with Gasteiger partial charge in [0, 0.05) is 14.7 Å². The zero-order valence-corrected chi connectivity index (χ0v) is 33.7. The van der Waals surface area contributed by atoms with E-state index in [-0.39, 0.29) is 0 Å². The molecule has 2 heterocycles. The first-order valence-electron chi connectivity index (χ1n) is 18.9. The molecule has 0 spiro atoms. The van der Waals surface area contributed by atoms with Gasteiger partial charge in [0.15, 0.2) is 0 Å². The zero-order chi connectivity index (χ0) is 38.5. The Morgan fingerprint density at radius 2 is 0.807 bits per heavy atom. The number of ether oxygens (including phenoxy) is 4. The smallest absolute Gasteiger partial charge is 0.135 e. The van der Waals surface area contributed by atoms with Crippen molar-refractivity contribution in [3.8, 4) is 0 Å². The van der Waals surface area contributed by atoms with Crippen molar-refractivity contribution in [2.24, 2.45) is 0 Å². The van der Waals surface area contributed by atoms with Crippen molar-refractivity contribution >= 4 is 35.3 Å². The maximum absolute atomic E-state index is 7.12. The minimum atomic E-state index is -0.621. The Morgan fingerprint density at radius 1 is 0.421 bits per heavy atom. The second-order valence-electron chi connectivity index (χ2n) is 13.4. The third-order valence-electron chi connectivity index (χ3n) is 9.24. The minimum Gasteiger partial charge on any atom is -0.374 e. The Hall–Kier alpha value is -4.71. The molecule has 4 atom stereocenters. The van der Waals surface area contributed by atoms with Gasteiger partial charge in [-0.3, -0.25) is 0 Å². The highest BCUT2D eigenvalue weighted by Gasteiger charge is 2.49. The van der Waals surface area contributed by atoms with Crippen molar-refractivity contribution in [1.82, 2.24) is 9.97 Å². The average molecular weight is 807 g/mol. The van der Waals surface area contributed by atoms with E-state index in [1.807, 2.05) is 109 Å². The fraction of sp³-hybridized carbons (Fsp3) is 0.167. The molecule has 0 N–H and O–H groups in total. The van der Waals surface area contributed by atoms with E-state index in [0.29, 0.717) is 32.1 Å². The molecular formula is C48H42N2O4S3. The monoisotopic (exact) mass is 806 g/mol. The van der Waals surface area contributed by atoms with Gasteiger partial charge in [-0.1, -0.05) is 181 Å². The Morgan fingerprint density at radius 3 is 1.28 bits per heavy atom. The van der Waals surface area contributed by atoms with Gasteiger partial charge in [-0.15, -0.1) is 0 Å². The van der Waals surface area contributed by atoms with E-state index in [4.69, 9.17) is 28.9 Å². The third-order valence-corrected chi connectivity index (χ3v) is 12.3. The lowest BCUT2D eigenvalue weighted by atomic mass is 10.0. The van der Waals surface area contributed by atoms with E-state index < -0.39 is 24.4 Å². The molecule has 57 heavy (non-hydrogen) atoms. The van der Waals surface area contributed by atoms with E-state index in [1.54, 1.807) is 35.3 Å². The summed E-state index contributed by atoms with van der Waals surface area (Å²) in [6.07, 6.45) is -2.09. The molecule has 7 aromatic rings. The molecule has 0 amide bonds. The van der Waals surface area contributed by atoms with Crippen molar-refractivity contribution in [2.45, 2.75) is 74.0 Å². The molecular weight excluding hydrogens is 765 g/mol. The Kier molecular flexibility index (Phi) is 13.8. The minimum absolute atomic E-state index is 0.304. The van der Waals surface area contributed by atoms with Crippen LogP contribution in [-0.4, -0.2) is 34.9 Å². The standard InChI is InChI=1S/C48H42N2O4S3/c1-7-19-35(20-8-1)31-51-34-41-43(52-32-36-21-9-2-10-22-36)45(53-33-37-23-11-3-12-24-37)44(54-41)42-46(55-38-25-13-4-14-26-38)50-48(57-40-29-17-6-18-30-40)47(49-42)56-39-27-15-5-16-28-39/h1-30,41,43-45H,31-34H2/t41-,43-,44+,45-/m1/s1. The number of nitrogens with zero attached hydrogens (tertiary/aromatic N) is 2. The highest BCUT2D eigenvalue weighted by Crippen LogP contribution is 2.45. The number of benzene rings is 6. The van der Waals surface area contributed by atoms with Crippen LogP contribution in [-0.2, 0) is 38.8 Å². The normalized spacial score (nSPS) is 17.8. The van der Waals surface area contributed by atoms with Crippen molar-refractivity contribution in [3.05, 3.63) is 204 Å². The summed E-state index contributed by atoms with van der Waals surface area (Å²) in [7, 11) is 0. The Bertz CT molecular complexity index is 2260. The molecule has 1 aliphatic rings. The predicted octanol–water partition coefficient (Wildman–Crippen LogP) is 11.8. The molecule has 1 saturated heterocycles. The molecule has 286 valence electrons. The summed E-state index contributed by atoms with van der Waals surface area (Å²) in [5, 5.41) is 2.36. The maximum atomic E-state index is 7.12. The average Bonchev–Trinajstić information content (AvgIpc) is 3.61. The fourth-order valence-electron chi connectivity index (χ4n) is 6.46. The van der Waals surface area contributed by atoms with E-state index >= 15 is 0 Å². The number of rotatable bonds is 17. The van der Waals surface area contributed by atoms with E-state index in [0.717, 1.165) is 46.5 Å². The van der Waals surface area contributed by atoms with Crippen LogP contribution in [0, 0.1) is 0 Å². The van der Waals surface area contributed by atoms with E-state index in [2.05, 4.69) is 72.8 Å². The van der Waals surface area contributed by atoms with Gasteiger partial charge >= 0.3 is 0 Å². The molecule has 0 radical (unpaired) electrons. The zero-order valence-electron chi connectivity index (χ0n) is 31.2. The van der Waals surface area contributed by atoms with Crippen LogP contribution >= 0.6 is 35.3 Å². The summed E-state index contributed by atoms with van der Waals surface area (Å²) in [4.78, 5) is 14.2. The van der Waals surface area contributed by atoms with Gasteiger partial charge in [0.25, 0.3) is 0 Å². The summed E-state index contributed by atoms with van der Waals surface area (Å²) in [5.74, 6) is 0. The van der Waals surface area contributed by atoms with Crippen molar-refractivity contribution < 1.29 is 18.9 Å². The molecule has 6 aromatic carbocycles. The molecule has 6 nitrogen and oxygen atoms in total. The molecule has 1 aliphatic heterocycles. The van der Waals surface area contributed by atoms with Crippen LogP contribution in [0.3, 0.4) is 0 Å².